The molecule has 0 saturated carbocycles. The maximum Gasteiger partial charge on any atom is 0.410 e. The van der Waals surface area contributed by atoms with Gasteiger partial charge in [0, 0.05) is 7.05 Å². The Labute approximate surface area is 103 Å². The standard InChI is InChI=1S/C12H23NO4/c1-4-6-8-16-11(14)10-13(3)12(15)17-9-7-5-2/h4-10H2,1-3H3. The molecule has 5 heteroatoms. The summed E-state index contributed by atoms with van der Waals surface area (Å²) in [6.07, 6.45) is 3.14. The van der Waals surface area contributed by atoms with E-state index < -0.39 is 12.1 Å². The van der Waals surface area contributed by atoms with Gasteiger partial charge in [0.2, 0.25) is 0 Å². The lowest BCUT2D eigenvalue weighted by molar-refractivity contribution is -0.144. The number of amides is 1. The first-order valence-electron chi connectivity index (χ1n) is 6.15. The van der Waals surface area contributed by atoms with Gasteiger partial charge in [-0.25, -0.2) is 4.79 Å². The topological polar surface area (TPSA) is 55.8 Å². The molecular formula is C12H23NO4. The van der Waals surface area contributed by atoms with E-state index in [1.54, 1.807) is 0 Å². The number of likely N-dealkylation sites (N-methyl/N-ethyl adjacent to an activating group) is 1. The molecule has 0 bridgehead atoms. The zero-order chi connectivity index (χ0) is 13.1. The van der Waals surface area contributed by atoms with Gasteiger partial charge in [0.25, 0.3) is 0 Å². The smallest absolute Gasteiger partial charge is 0.410 e. The lowest BCUT2D eigenvalue weighted by Gasteiger charge is -2.15. The van der Waals surface area contributed by atoms with Crippen LogP contribution < -0.4 is 0 Å². The molecule has 0 saturated heterocycles. The number of carbonyl (C=O) groups is 2. The second-order valence-electron chi connectivity index (χ2n) is 3.90. The molecule has 100 valence electrons. The minimum absolute atomic E-state index is 0.0608. The average Bonchev–Trinajstić information content (AvgIpc) is 2.29. The molecule has 0 aliphatic rings. The van der Waals surface area contributed by atoms with Gasteiger partial charge in [-0.05, 0) is 12.8 Å². The van der Waals surface area contributed by atoms with E-state index in [1.807, 2.05) is 13.8 Å². The van der Waals surface area contributed by atoms with Crippen molar-refractivity contribution in [3.8, 4) is 0 Å². The number of hydrogen-bond acceptors (Lipinski definition) is 4. The molecule has 0 atom stereocenters. The summed E-state index contributed by atoms with van der Waals surface area (Å²) in [6, 6.07) is 0. The second kappa shape index (κ2) is 9.93. The third-order valence-corrected chi connectivity index (χ3v) is 2.16. The van der Waals surface area contributed by atoms with Crippen LogP contribution in [0, 0.1) is 0 Å². The van der Waals surface area contributed by atoms with Crippen LogP contribution in [0.15, 0.2) is 0 Å². The van der Waals surface area contributed by atoms with E-state index in [4.69, 9.17) is 9.47 Å². The molecule has 0 spiro atoms. The molecular weight excluding hydrogens is 222 g/mol. The summed E-state index contributed by atoms with van der Waals surface area (Å²) in [5.74, 6) is -0.395. The van der Waals surface area contributed by atoms with Crippen LogP contribution in [0.2, 0.25) is 0 Å². The van der Waals surface area contributed by atoms with Crippen molar-refractivity contribution in [2.24, 2.45) is 0 Å². The molecule has 0 rings (SSSR count). The molecule has 5 nitrogen and oxygen atoms in total. The molecule has 0 aromatic carbocycles. The zero-order valence-electron chi connectivity index (χ0n) is 11.0. The van der Waals surface area contributed by atoms with Crippen molar-refractivity contribution in [3.05, 3.63) is 0 Å². The zero-order valence-corrected chi connectivity index (χ0v) is 11.0. The van der Waals surface area contributed by atoms with Crippen LogP contribution in [0.4, 0.5) is 4.79 Å². The Morgan fingerprint density at radius 3 is 2.06 bits per heavy atom. The molecule has 0 aromatic heterocycles. The molecule has 0 fully saturated rings. The molecule has 0 aromatic rings. The van der Waals surface area contributed by atoms with Crippen LogP contribution in [0.25, 0.3) is 0 Å². The fraction of sp³-hybridized carbons (Fsp3) is 0.833. The quantitative estimate of drug-likeness (QED) is 0.486. The maximum absolute atomic E-state index is 11.4. The molecule has 0 N–H and O–H groups in total. The predicted octanol–water partition coefficient (Wildman–Crippen LogP) is 2.20. The predicted molar refractivity (Wildman–Crippen MR) is 64.8 cm³/mol. The second-order valence-corrected chi connectivity index (χ2v) is 3.90. The minimum Gasteiger partial charge on any atom is -0.464 e. The van der Waals surface area contributed by atoms with Gasteiger partial charge < -0.3 is 14.4 Å². The highest BCUT2D eigenvalue weighted by Crippen LogP contribution is 1.96. The summed E-state index contributed by atoms with van der Waals surface area (Å²) in [5.41, 5.74) is 0. The van der Waals surface area contributed by atoms with Gasteiger partial charge >= 0.3 is 12.1 Å². The monoisotopic (exact) mass is 245 g/mol. The average molecular weight is 245 g/mol. The fourth-order valence-electron chi connectivity index (χ4n) is 1.05. The van der Waals surface area contributed by atoms with Gasteiger partial charge in [0.1, 0.15) is 6.54 Å². The van der Waals surface area contributed by atoms with Crippen LogP contribution in [0.5, 0.6) is 0 Å². The largest absolute Gasteiger partial charge is 0.464 e. The number of carbonyl (C=O) groups excluding carboxylic acids is 2. The van der Waals surface area contributed by atoms with E-state index in [2.05, 4.69) is 0 Å². The molecule has 17 heavy (non-hydrogen) atoms. The van der Waals surface area contributed by atoms with E-state index in [0.29, 0.717) is 13.2 Å². The van der Waals surface area contributed by atoms with Gasteiger partial charge in [-0.3, -0.25) is 4.79 Å². The number of rotatable bonds is 8. The van der Waals surface area contributed by atoms with Crippen molar-refractivity contribution < 1.29 is 19.1 Å². The Kier molecular flexibility index (Phi) is 9.19. The first-order chi connectivity index (χ1) is 8.11. The first kappa shape index (κ1) is 15.7. The van der Waals surface area contributed by atoms with Gasteiger partial charge in [0.15, 0.2) is 0 Å². The van der Waals surface area contributed by atoms with E-state index in [-0.39, 0.29) is 6.54 Å². The highest BCUT2D eigenvalue weighted by molar-refractivity contribution is 5.77. The Morgan fingerprint density at radius 2 is 1.53 bits per heavy atom. The molecule has 0 unspecified atom stereocenters. The number of unbranched alkanes of at least 4 members (excludes halogenated alkanes) is 2. The van der Waals surface area contributed by atoms with E-state index >= 15 is 0 Å². The van der Waals surface area contributed by atoms with Crippen molar-refractivity contribution in [2.45, 2.75) is 39.5 Å². The Hall–Kier alpha value is -1.26. The van der Waals surface area contributed by atoms with E-state index in [9.17, 15) is 9.59 Å². The van der Waals surface area contributed by atoms with Crippen LogP contribution >= 0.6 is 0 Å². The Balaban J connectivity index is 3.71. The van der Waals surface area contributed by atoms with Crippen molar-refractivity contribution in [1.82, 2.24) is 4.90 Å². The highest BCUT2D eigenvalue weighted by Gasteiger charge is 2.14. The van der Waals surface area contributed by atoms with Gasteiger partial charge in [-0.2, -0.15) is 0 Å². The SMILES string of the molecule is CCCCOC(=O)CN(C)C(=O)OCCCC. The van der Waals surface area contributed by atoms with Crippen LogP contribution in [0.1, 0.15) is 39.5 Å². The Bertz CT molecular complexity index is 231. The normalized spacial score (nSPS) is 9.82. The third kappa shape index (κ3) is 8.54. The van der Waals surface area contributed by atoms with E-state index in [1.165, 1.54) is 11.9 Å². The lowest BCUT2D eigenvalue weighted by Crippen LogP contribution is -2.33. The van der Waals surface area contributed by atoms with Crippen molar-refractivity contribution in [3.63, 3.8) is 0 Å². The van der Waals surface area contributed by atoms with Crippen LogP contribution in [-0.4, -0.2) is 43.8 Å². The molecule has 0 aliphatic heterocycles. The van der Waals surface area contributed by atoms with Gasteiger partial charge in [-0.1, -0.05) is 26.7 Å². The number of hydrogen-bond donors (Lipinski definition) is 0. The first-order valence-corrected chi connectivity index (χ1v) is 6.15. The van der Waals surface area contributed by atoms with Crippen molar-refractivity contribution in [2.75, 3.05) is 26.8 Å². The summed E-state index contributed by atoms with van der Waals surface area (Å²) in [5, 5.41) is 0. The Morgan fingerprint density at radius 1 is 1.00 bits per heavy atom. The fourth-order valence-corrected chi connectivity index (χ4v) is 1.05. The van der Waals surface area contributed by atoms with Gasteiger partial charge in [0.05, 0.1) is 13.2 Å². The number of ether oxygens (including phenoxy) is 2. The van der Waals surface area contributed by atoms with E-state index in [0.717, 1.165) is 25.7 Å². The summed E-state index contributed by atoms with van der Waals surface area (Å²) in [7, 11) is 1.52. The van der Waals surface area contributed by atoms with Crippen LogP contribution in [-0.2, 0) is 14.3 Å². The maximum atomic E-state index is 11.4. The summed E-state index contributed by atoms with van der Waals surface area (Å²) in [4.78, 5) is 23.9. The summed E-state index contributed by atoms with van der Waals surface area (Å²) < 4.78 is 9.89. The summed E-state index contributed by atoms with van der Waals surface area (Å²) >= 11 is 0. The molecule has 1 amide bonds. The summed E-state index contributed by atoms with van der Waals surface area (Å²) in [6.45, 7) is 4.78. The third-order valence-electron chi connectivity index (χ3n) is 2.16. The van der Waals surface area contributed by atoms with Gasteiger partial charge in [-0.15, -0.1) is 0 Å². The number of esters is 1. The van der Waals surface area contributed by atoms with Crippen molar-refractivity contribution >= 4 is 12.1 Å². The van der Waals surface area contributed by atoms with Crippen molar-refractivity contribution in [1.29, 1.82) is 0 Å². The lowest BCUT2D eigenvalue weighted by atomic mass is 10.4. The van der Waals surface area contributed by atoms with Crippen LogP contribution in [0.3, 0.4) is 0 Å². The minimum atomic E-state index is -0.481. The number of nitrogens with zero attached hydrogens (tertiary/aromatic N) is 1. The highest BCUT2D eigenvalue weighted by atomic mass is 16.6. The molecule has 0 heterocycles. The molecule has 0 aliphatic carbocycles. The molecule has 0 radical (unpaired) electrons.